The van der Waals surface area contributed by atoms with Crippen LogP contribution in [-0.2, 0) is 4.79 Å². The lowest BCUT2D eigenvalue weighted by molar-refractivity contribution is -0.142. The van der Waals surface area contributed by atoms with Gasteiger partial charge in [0.25, 0.3) is 11.8 Å². The molecule has 7 nitrogen and oxygen atoms in total. The van der Waals surface area contributed by atoms with E-state index in [1.807, 2.05) is 42.5 Å². The van der Waals surface area contributed by atoms with Gasteiger partial charge in [-0.15, -0.1) is 0 Å². The number of aromatic nitrogens is 1. The Bertz CT molecular complexity index is 1160. The van der Waals surface area contributed by atoms with Gasteiger partial charge in [0, 0.05) is 48.8 Å². The molecule has 1 atom stereocenters. The first-order chi connectivity index (χ1) is 16.0. The summed E-state index contributed by atoms with van der Waals surface area (Å²) in [5, 5.41) is 0. The topological polar surface area (TPSA) is 64.0 Å². The zero-order chi connectivity index (χ0) is 22.9. The van der Waals surface area contributed by atoms with Crippen molar-refractivity contribution in [2.75, 3.05) is 32.8 Å². The van der Waals surface area contributed by atoms with Gasteiger partial charge in [-0.3, -0.25) is 9.59 Å². The van der Waals surface area contributed by atoms with Gasteiger partial charge in [-0.05, 0) is 62.4 Å². The lowest BCUT2D eigenvalue weighted by atomic mass is 10.1. The van der Waals surface area contributed by atoms with Gasteiger partial charge in [-0.2, -0.15) is 0 Å². The number of ether oxygens (including phenoxy) is 2. The highest BCUT2D eigenvalue weighted by Crippen LogP contribution is 2.31. The van der Waals surface area contributed by atoms with Crippen molar-refractivity contribution in [2.45, 2.75) is 20.0 Å². The molecule has 7 heteroatoms. The van der Waals surface area contributed by atoms with Crippen molar-refractivity contribution in [2.24, 2.45) is 0 Å². The Morgan fingerprint density at radius 1 is 0.788 bits per heavy atom. The van der Waals surface area contributed by atoms with Gasteiger partial charge in [0.2, 0.25) is 6.10 Å². The van der Waals surface area contributed by atoms with Crippen molar-refractivity contribution in [1.82, 2.24) is 14.4 Å². The maximum Gasteiger partial charge on any atom is 0.267 e. The molecule has 0 N–H and O–H groups in total. The minimum atomic E-state index is -0.657. The van der Waals surface area contributed by atoms with E-state index >= 15 is 0 Å². The quantitative estimate of drug-likeness (QED) is 0.621. The highest BCUT2D eigenvalue weighted by atomic mass is 16.6. The number of aryl methyl sites for hydroxylation is 2. The Balaban J connectivity index is 1.19. The molecule has 1 aromatic heterocycles. The normalized spacial score (nSPS) is 17.7. The molecule has 5 rings (SSSR count). The molecule has 33 heavy (non-hydrogen) atoms. The second-order valence-corrected chi connectivity index (χ2v) is 8.48. The molecule has 1 saturated heterocycles. The van der Waals surface area contributed by atoms with Crippen LogP contribution in [0, 0.1) is 13.8 Å². The lowest BCUT2D eigenvalue weighted by Crippen LogP contribution is -2.55. The highest BCUT2D eigenvalue weighted by molar-refractivity contribution is 5.94. The molecule has 170 valence electrons. The fraction of sp³-hybridized carbons (Fsp3) is 0.308. The first-order valence-corrected chi connectivity index (χ1v) is 11.2. The number of piperazine rings is 1. The molecule has 0 spiro atoms. The van der Waals surface area contributed by atoms with E-state index in [0.29, 0.717) is 43.2 Å². The minimum absolute atomic E-state index is 0.0132. The Hall–Kier alpha value is -3.74. The van der Waals surface area contributed by atoms with Crippen LogP contribution in [0.4, 0.5) is 0 Å². The average Bonchev–Trinajstić information content (AvgIpc) is 3.20. The van der Waals surface area contributed by atoms with Crippen LogP contribution in [0.5, 0.6) is 11.5 Å². The number of benzene rings is 2. The molecule has 2 amide bonds. The Kier molecular flexibility index (Phi) is 5.54. The first-order valence-electron chi connectivity index (χ1n) is 11.2. The van der Waals surface area contributed by atoms with Crippen LogP contribution >= 0.6 is 0 Å². The van der Waals surface area contributed by atoms with Crippen molar-refractivity contribution in [1.29, 1.82) is 0 Å². The standard InChI is InChI=1S/C26H27N3O4/c1-18-7-8-19(2)29(18)21-11-9-20(10-12-21)25(30)27-13-15-28(16-14-27)26(31)24-17-32-22-5-3-4-6-23(22)33-24/h3-12,24H,13-17H2,1-2H3. The van der Waals surface area contributed by atoms with E-state index in [-0.39, 0.29) is 18.4 Å². The second-order valence-electron chi connectivity index (χ2n) is 8.48. The number of carbonyl (C=O) groups excluding carboxylic acids is 2. The van der Waals surface area contributed by atoms with Crippen LogP contribution in [0.2, 0.25) is 0 Å². The monoisotopic (exact) mass is 445 g/mol. The van der Waals surface area contributed by atoms with E-state index < -0.39 is 6.10 Å². The molecular formula is C26H27N3O4. The SMILES string of the molecule is Cc1ccc(C)n1-c1ccc(C(=O)N2CCN(C(=O)C3COc4ccccc4O3)CC2)cc1. The van der Waals surface area contributed by atoms with Crippen LogP contribution in [-0.4, -0.2) is 65.1 Å². The van der Waals surface area contributed by atoms with Crippen LogP contribution in [0.1, 0.15) is 21.7 Å². The number of hydrogen-bond donors (Lipinski definition) is 0. The van der Waals surface area contributed by atoms with Crippen molar-refractivity contribution in [3.8, 4) is 17.2 Å². The molecule has 0 aliphatic carbocycles. The molecule has 2 aliphatic heterocycles. The van der Waals surface area contributed by atoms with Crippen LogP contribution in [0.25, 0.3) is 5.69 Å². The number of carbonyl (C=O) groups is 2. The maximum atomic E-state index is 13.0. The first kappa shape index (κ1) is 21.1. The van der Waals surface area contributed by atoms with Crippen molar-refractivity contribution < 1.29 is 19.1 Å². The van der Waals surface area contributed by atoms with Gasteiger partial charge in [-0.1, -0.05) is 12.1 Å². The molecule has 0 bridgehead atoms. The summed E-state index contributed by atoms with van der Waals surface area (Å²) in [6, 6.07) is 19.2. The molecule has 3 aromatic rings. The predicted octanol–water partition coefficient (Wildman–Crippen LogP) is 3.22. The van der Waals surface area contributed by atoms with E-state index in [1.165, 1.54) is 0 Å². The zero-order valence-electron chi connectivity index (χ0n) is 18.9. The predicted molar refractivity (Wildman–Crippen MR) is 124 cm³/mol. The number of nitrogens with zero attached hydrogens (tertiary/aromatic N) is 3. The maximum absolute atomic E-state index is 13.0. The van der Waals surface area contributed by atoms with Gasteiger partial charge in [-0.25, -0.2) is 0 Å². The highest BCUT2D eigenvalue weighted by Gasteiger charge is 2.33. The Morgan fingerprint density at radius 2 is 1.39 bits per heavy atom. The molecule has 0 radical (unpaired) electrons. The summed E-state index contributed by atoms with van der Waals surface area (Å²) >= 11 is 0. The van der Waals surface area contributed by atoms with Gasteiger partial charge in [0.05, 0.1) is 0 Å². The van der Waals surface area contributed by atoms with Crippen LogP contribution in [0.3, 0.4) is 0 Å². The van der Waals surface area contributed by atoms with Gasteiger partial charge >= 0.3 is 0 Å². The van der Waals surface area contributed by atoms with E-state index in [4.69, 9.17) is 9.47 Å². The van der Waals surface area contributed by atoms with Crippen LogP contribution in [0.15, 0.2) is 60.7 Å². The van der Waals surface area contributed by atoms with E-state index in [0.717, 1.165) is 17.1 Å². The number of hydrogen-bond acceptors (Lipinski definition) is 4. The number of fused-ring (bicyclic) bond motifs is 1. The third-order valence-electron chi connectivity index (χ3n) is 6.31. The lowest BCUT2D eigenvalue weighted by Gasteiger charge is -2.37. The van der Waals surface area contributed by atoms with E-state index in [2.05, 4.69) is 30.5 Å². The fourth-order valence-corrected chi connectivity index (χ4v) is 4.49. The zero-order valence-corrected chi connectivity index (χ0v) is 18.9. The largest absolute Gasteiger partial charge is 0.485 e. The molecule has 2 aliphatic rings. The van der Waals surface area contributed by atoms with Gasteiger partial charge < -0.3 is 23.8 Å². The third kappa shape index (κ3) is 4.06. The second kappa shape index (κ2) is 8.65. The minimum Gasteiger partial charge on any atom is -0.485 e. The number of rotatable bonds is 3. The molecule has 1 fully saturated rings. The molecule has 2 aromatic carbocycles. The van der Waals surface area contributed by atoms with E-state index in [9.17, 15) is 9.59 Å². The van der Waals surface area contributed by atoms with Gasteiger partial charge in [0.1, 0.15) is 6.61 Å². The fourth-order valence-electron chi connectivity index (χ4n) is 4.49. The molecular weight excluding hydrogens is 418 g/mol. The smallest absolute Gasteiger partial charge is 0.267 e. The summed E-state index contributed by atoms with van der Waals surface area (Å²) in [6.07, 6.45) is -0.657. The summed E-state index contributed by atoms with van der Waals surface area (Å²) in [5.74, 6) is 1.13. The third-order valence-corrected chi connectivity index (χ3v) is 6.31. The number of amides is 2. The summed E-state index contributed by atoms with van der Waals surface area (Å²) in [7, 11) is 0. The van der Waals surface area contributed by atoms with Crippen molar-refractivity contribution in [3.63, 3.8) is 0 Å². The molecule has 3 heterocycles. The van der Waals surface area contributed by atoms with Gasteiger partial charge in [0.15, 0.2) is 11.5 Å². The van der Waals surface area contributed by atoms with E-state index in [1.54, 1.807) is 15.9 Å². The Labute approximate surface area is 193 Å². The Morgan fingerprint density at radius 3 is 2.06 bits per heavy atom. The summed E-state index contributed by atoms with van der Waals surface area (Å²) in [6.45, 7) is 6.27. The summed E-state index contributed by atoms with van der Waals surface area (Å²) in [4.78, 5) is 29.5. The summed E-state index contributed by atoms with van der Waals surface area (Å²) in [5.41, 5.74) is 4.01. The average molecular weight is 446 g/mol. The van der Waals surface area contributed by atoms with Crippen molar-refractivity contribution >= 4 is 11.8 Å². The van der Waals surface area contributed by atoms with Crippen LogP contribution < -0.4 is 9.47 Å². The van der Waals surface area contributed by atoms with Crippen molar-refractivity contribution in [3.05, 3.63) is 77.6 Å². The molecule has 1 unspecified atom stereocenters. The molecule has 0 saturated carbocycles. The summed E-state index contributed by atoms with van der Waals surface area (Å²) < 4.78 is 13.7. The number of para-hydroxylation sites is 2.